The summed E-state index contributed by atoms with van der Waals surface area (Å²) in [6.45, 7) is 8.03. The number of aromatic nitrogens is 1. The molecule has 5 rings (SSSR count). The van der Waals surface area contributed by atoms with Crippen LogP contribution < -0.4 is 24.4 Å². The minimum atomic E-state index is -0.976. The molecule has 0 saturated carbocycles. The Labute approximate surface area is 258 Å². The molecule has 1 atom stereocenters. The summed E-state index contributed by atoms with van der Waals surface area (Å²) in [6.07, 6.45) is 1.46. The molecule has 0 aliphatic carbocycles. The SMILES string of the molecule is CCOc1ccc([C@@H]2C(C(=O)OC(C)C)=C(C)N=c3s/c(=C/c4ccc(OCc5ccc(C(=O)O)cc5)cc4)c(=O)n32)cc1. The average molecular weight is 613 g/mol. The third-order valence-corrected chi connectivity index (χ3v) is 7.86. The molecule has 1 N–H and O–H groups in total. The first-order chi connectivity index (χ1) is 21.1. The van der Waals surface area contributed by atoms with E-state index in [9.17, 15) is 14.4 Å². The lowest BCUT2D eigenvalue weighted by atomic mass is 9.96. The quantitative estimate of drug-likeness (QED) is 0.254. The van der Waals surface area contributed by atoms with Gasteiger partial charge in [-0.05, 0) is 86.9 Å². The third kappa shape index (κ3) is 6.65. The molecule has 0 spiro atoms. The molecule has 226 valence electrons. The number of rotatable bonds is 10. The first-order valence-corrected chi connectivity index (χ1v) is 15.0. The van der Waals surface area contributed by atoms with Crippen LogP contribution in [0.25, 0.3) is 6.08 Å². The molecule has 10 heteroatoms. The Morgan fingerprint density at radius 2 is 1.61 bits per heavy atom. The Bertz CT molecular complexity index is 1890. The molecule has 0 bridgehead atoms. The van der Waals surface area contributed by atoms with Gasteiger partial charge in [0.2, 0.25) is 0 Å². The van der Waals surface area contributed by atoms with Crippen molar-refractivity contribution >= 4 is 29.4 Å². The summed E-state index contributed by atoms with van der Waals surface area (Å²) in [5, 5.41) is 9.06. The molecule has 1 aliphatic rings. The lowest BCUT2D eigenvalue weighted by Gasteiger charge is -2.25. The van der Waals surface area contributed by atoms with Crippen molar-refractivity contribution in [2.45, 2.75) is 46.4 Å². The average Bonchev–Trinajstić information content (AvgIpc) is 3.30. The molecule has 0 saturated heterocycles. The second kappa shape index (κ2) is 13.1. The Kier molecular flexibility index (Phi) is 9.10. The van der Waals surface area contributed by atoms with Crippen LogP contribution in [0.15, 0.2) is 93.9 Å². The van der Waals surface area contributed by atoms with Gasteiger partial charge in [0.15, 0.2) is 4.80 Å². The molecule has 44 heavy (non-hydrogen) atoms. The summed E-state index contributed by atoms with van der Waals surface area (Å²) in [7, 11) is 0. The van der Waals surface area contributed by atoms with E-state index in [4.69, 9.17) is 19.3 Å². The number of esters is 1. The zero-order valence-electron chi connectivity index (χ0n) is 24.8. The molecule has 4 aromatic rings. The largest absolute Gasteiger partial charge is 0.494 e. The first-order valence-electron chi connectivity index (χ1n) is 14.2. The van der Waals surface area contributed by atoms with Crippen molar-refractivity contribution in [3.63, 3.8) is 0 Å². The summed E-state index contributed by atoms with van der Waals surface area (Å²) in [5.74, 6) is -0.163. The fourth-order valence-electron chi connectivity index (χ4n) is 4.81. The maximum absolute atomic E-state index is 13.9. The van der Waals surface area contributed by atoms with Crippen molar-refractivity contribution in [1.82, 2.24) is 4.57 Å². The number of ether oxygens (including phenoxy) is 3. The van der Waals surface area contributed by atoms with Crippen LogP contribution in [0.3, 0.4) is 0 Å². The van der Waals surface area contributed by atoms with E-state index in [2.05, 4.69) is 4.99 Å². The number of aromatic carboxylic acids is 1. The number of thiazole rings is 1. The molecule has 2 heterocycles. The van der Waals surface area contributed by atoms with Crippen LogP contribution in [0, 0.1) is 0 Å². The van der Waals surface area contributed by atoms with Crippen molar-refractivity contribution in [2.75, 3.05) is 6.61 Å². The number of hydrogen-bond acceptors (Lipinski definition) is 8. The number of carboxylic acids is 1. The second-order valence-electron chi connectivity index (χ2n) is 10.4. The predicted molar refractivity (Wildman–Crippen MR) is 167 cm³/mol. The van der Waals surface area contributed by atoms with E-state index >= 15 is 0 Å². The van der Waals surface area contributed by atoms with Crippen LogP contribution in [0.4, 0.5) is 0 Å². The molecule has 0 amide bonds. The summed E-state index contributed by atoms with van der Waals surface area (Å²) < 4.78 is 19.0. The molecule has 1 aromatic heterocycles. The van der Waals surface area contributed by atoms with Gasteiger partial charge in [-0.1, -0.05) is 47.7 Å². The van der Waals surface area contributed by atoms with Crippen LogP contribution in [-0.4, -0.2) is 34.3 Å². The smallest absolute Gasteiger partial charge is 0.338 e. The van der Waals surface area contributed by atoms with E-state index in [0.717, 1.165) is 16.7 Å². The number of benzene rings is 3. The van der Waals surface area contributed by atoms with E-state index in [0.29, 0.717) is 38.7 Å². The molecule has 0 fully saturated rings. The van der Waals surface area contributed by atoms with Gasteiger partial charge in [0.05, 0.1) is 40.1 Å². The molecule has 0 unspecified atom stereocenters. The zero-order valence-corrected chi connectivity index (χ0v) is 25.6. The van der Waals surface area contributed by atoms with Crippen LogP contribution in [0.1, 0.15) is 60.8 Å². The summed E-state index contributed by atoms with van der Waals surface area (Å²) in [6, 6.07) is 20.5. The first kappa shape index (κ1) is 30.5. The van der Waals surface area contributed by atoms with Gasteiger partial charge in [0, 0.05) is 0 Å². The number of hydrogen-bond donors (Lipinski definition) is 1. The van der Waals surface area contributed by atoms with E-state index in [1.54, 1.807) is 55.7 Å². The highest BCUT2D eigenvalue weighted by molar-refractivity contribution is 7.07. The molecule has 1 aliphatic heterocycles. The molecule has 3 aromatic carbocycles. The lowest BCUT2D eigenvalue weighted by molar-refractivity contribution is -0.143. The van der Waals surface area contributed by atoms with Crippen LogP contribution in [0.5, 0.6) is 11.5 Å². The van der Waals surface area contributed by atoms with Crippen molar-refractivity contribution in [3.8, 4) is 11.5 Å². The zero-order chi connectivity index (χ0) is 31.4. The Morgan fingerprint density at radius 3 is 2.23 bits per heavy atom. The minimum Gasteiger partial charge on any atom is -0.494 e. The fraction of sp³-hybridized carbons (Fsp3) is 0.235. The van der Waals surface area contributed by atoms with Gasteiger partial charge in [0.25, 0.3) is 5.56 Å². The second-order valence-corrected chi connectivity index (χ2v) is 11.4. The van der Waals surface area contributed by atoms with Gasteiger partial charge in [0.1, 0.15) is 18.1 Å². The normalized spacial score (nSPS) is 14.7. The van der Waals surface area contributed by atoms with E-state index in [1.807, 2.05) is 43.3 Å². The Hall–Kier alpha value is -4.96. The number of carbonyl (C=O) groups excluding carboxylic acids is 1. The van der Waals surface area contributed by atoms with Gasteiger partial charge in [-0.3, -0.25) is 9.36 Å². The lowest BCUT2D eigenvalue weighted by Crippen LogP contribution is -2.40. The van der Waals surface area contributed by atoms with Gasteiger partial charge in [-0.25, -0.2) is 14.6 Å². The number of fused-ring (bicyclic) bond motifs is 1. The van der Waals surface area contributed by atoms with Crippen molar-refractivity contribution in [3.05, 3.63) is 126 Å². The Balaban J connectivity index is 1.45. The number of carboxylic acid groups (broad SMARTS) is 1. The Morgan fingerprint density at radius 1 is 0.977 bits per heavy atom. The highest BCUT2D eigenvalue weighted by Crippen LogP contribution is 2.32. The summed E-state index contributed by atoms with van der Waals surface area (Å²) in [4.78, 5) is 43.4. The molecular weight excluding hydrogens is 580 g/mol. The van der Waals surface area contributed by atoms with E-state index < -0.39 is 18.0 Å². The molecule has 9 nitrogen and oxygen atoms in total. The van der Waals surface area contributed by atoms with Gasteiger partial charge in [-0.2, -0.15) is 0 Å². The molecular formula is C34H32N2O7S. The third-order valence-electron chi connectivity index (χ3n) is 6.88. The maximum Gasteiger partial charge on any atom is 0.338 e. The van der Waals surface area contributed by atoms with Crippen LogP contribution >= 0.6 is 11.3 Å². The van der Waals surface area contributed by atoms with Gasteiger partial charge < -0.3 is 19.3 Å². The highest BCUT2D eigenvalue weighted by Gasteiger charge is 2.33. The predicted octanol–water partition coefficient (Wildman–Crippen LogP) is 4.86. The van der Waals surface area contributed by atoms with Crippen molar-refractivity contribution < 1.29 is 28.9 Å². The van der Waals surface area contributed by atoms with Gasteiger partial charge >= 0.3 is 11.9 Å². The maximum atomic E-state index is 13.9. The summed E-state index contributed by atoms with van der Waals surface area (Å²) in [5.41, 5.74) is 3.15. The van der Waals surface area contributed by atoms with Crippen molar-refractivity contribution in [1.29, 1.82) is 0 Å². The fourth-order valence-corrected chi connectivity index (χ4v) is 5.86. The van der Waals surface area contributed by atoms with E-state index in [1.165, 1.54) is 23.5 Å². The van der Waals surface area contributed by atoms with E-state index in [-0.39, 0.29) is 23.8 Å². The monoisotopic (exact) mass is 612 g/mol. The summed E-state index contributed by atoms with van der Waals surface area (Å²) >= 11 is 1.26. The minimum absolute atomic E-state index is 0.219. The number of nitrogens with zero attached hydrogens (tertiary/aromatic N) is 2. The molecule has 0 radical (unpaired) electrons. The van der Waals surface area contributed by atoms with Crippen molar-refractivity contribution in [2.24, 2.45) is 4.99 Å². The standard InChI is InChI=1S/C34H32N2O7S/c1-5-41-26-16-12-24(13-17-26)30-29(33(40)43-20(2)3)21(4)35-34-36(30)31(37)28(44-34)18-22-8-14-27(15-9-22)42-19-23-6-10-25(11-7-23)32(38)39/h6-18,20,30H,5,19H2,1-4H3,(H,38,39)/b28-18+/t30-/m1/s1. The van der Waals surface area contributed by atoms with Crippen LogP contribution in [-0.2, 0) is 16.1 Å². The number of allylic oxidation sites excluding steroid dienone is 1. The van der Waals surface area contributed by atoms with Crippen LogP contribution in [0.2, 0.25) is 0 Å². The number of carbonyl (C=O) groups is 2. The topological polar surface area (TPSA) is 116 Å². The highest BCUT2D eigenvalue weighted by atomic mass is 32.1. The van der Waals surface area contributed by atoms with Gasteiger partial charge in [-0.15, -0.1) is 0 Å².